The zero-order valence-corrected chi connectivity index (χ0v) is 9.45. The Balaban J connectivity index is 2.25. The van der Waals surface area contributed by atoms with E-state index in [1.165, 1.54) is 6.42 Å². The maximum atomic E-state index is 10.9. The second-order valence-corrected chi connectivity index (χ2v) is 4.33. The van der Waals surface area contributed by atoms with Gasteiger partial charge in [-0.25, -0.2) is 0 Å². The van der Waals surface area contributed by atoms with E-state index in [-0.39, 0.29) is 5.78 Å². The van der Waals surface area contributed by atoms with Crippen molar-refractivity contribution in [2.24, 2.45) is 0 Å². The third-order valence-corrected chi connectivity index (χ3v) is 2.85. The third kappa shape index (κ3) is 3.76. The molecule has 82 valence electrons. The molecule has 0 bridgehead atoms. The van der Waals surface area contributed by atoms with Crippen molar-refractivity contribution in [3.8, 4) is 0 Å². The van der Waals surface area contributed by atoms with Gasteiger partial charge in [0.05, 0.1) is 6.10 Å². The molecule has 0 saturated carbocycles. The minimum Gasteiger partial charge on any atom is -0.377 e. The minimum absolute atomic E-state index is 0.261. The van der Waals surface area contributed by atoms with Gasteiger partial charge in [0.1, 0.15) is 5.78 Å². The van der Waals surface area contributed by atoms with E-state index in [1.807, 2.05) is 0 Å². The second kappa shape index (κ2) is 5.47. The van der Waals surface area contributed by atoms with Crippen LogP contribution in [0.1, 0.15) is 33.1 Å². The average molecular weight is 199 g/mol. The van der Waals surface area contributed by atoms with Crippen LogP contribution in [0, 0.1) is 0 Å². The standard InChI is InChI=1S/C11H21NO2/c1-9(7-10(2)13)12(3)8-11-5-4-6-14-11/h9,11H,4-8H2,1-3H3. The lowest BCUT2D eigenvalue weighted by Crippen LogP contribution is -2.36. The van der Waals surface area contributed by atoms with E-state index in [0.717, 1.165) is 19.6 Å². The van der Waals surface area contributed by atoms with Crippen molar-refractivity contribution < 1.29 is 9.53 Å². The van der Waals surface area contributed by atoms with Gasteiger partial charge in [0.15, 0.2) is 0 Å². The molecule has 1 aliphatic heterocycles. The van der Waals surface area contributed by atoms with Crippen LogP contribution < -0.4 is 0 Å². The molecule has 0 aromatic rings. The van der Waals surface area contributed by atoms with Crippen molar-refractivity contribution in [1.82, 2.24) is 4.90 Å². The molecule has 0 spiro atoms. The van der Waals surface area contributed by atoms with Gasteiger partial charge in [0.25, 0.3) is 0 Å². The predicted octanol–water partition coefficient (Wildman–Crippen LogP) is 1.46. The highest BCUT2D eigenvalue weighted by Crippen LogP contribution is 2.14. The Morgan fingerprint density at radius 2 is 2.36 bits per heavy atom. The molecule has 3 nitrogen and oxygen atoms in total. The Morgan fingerprint density at radius 1 is 1.64 bits per heavy atom. The first-order chi connectivity index (χ1) is 6.59. The third-order valence-electron chi connectivity index (χ3n) is 2.85. The highest BCUT2D eigenvalue weighted by Gasteiger charge is 2.20. The van der Waals surface area contributed by atoms with Gasteiger partial charge < -0.3 is 9.64 Å². The monoisotopic (exact) mass is 199 g/mol. The minimum atomic E-state index is 0.261. The summed E-state index contributed by atoms with van der Waals surface area (Å²) in [6.07, 6.45) is 3.37. The Hall–Kier alpha value is -0.410. The first-order valence-corrected chi connectivity index (χ1v) is 5.41. The number of rotatable bonds is 5. The van der Waals surface area contributed by atoms with Gasteiger partial charge in [0, 0.05) is 25.6 Å². The zero-order valence-electron chi connectivity index (χ0n) is 9.45. The molecule has 0 amide bonds. The molecule has 0 radical (unpaired) electrons. The number of nitrogens with zero attached hydrogens (tertiary/aromatic N) is 1. The molecule has 2 atom stereocenters. The van der Waals surface area contributed by atoms with Gasteiger partial charge in [-0.15, -0.1) is 0 Å². The van der Waals surface area contributed by atoms with Crippen LogP contribution in [-0.4, -0.2) is 43.0 Å². The maximum Gasteiger partial charge on any atom is 0.131 e. The highest BCUT2D eigenvalue weighted by atomic mass is 16.5. The first-order valence-electron chi connectivity index (χ1n) is 5.41. The molecular weight excluding hydrogens is 178 g/mol. The summed E-state index contributed by atoms with van der Waals surface area (Å²) in [5.41, 5.74) is 0. The largest absolute Gasteiger partial charge is 0.377 e. The van der Waals surface area contributed by atoms with Crippen LogP contribution in [0.3, 0.4) is 0 Å². The SMILES string of the molecule is CC(=O)CC(C)N(C)CC1CCCO1. The van der Waals surface area contributed by atoms with E-state index in [2.05, 4.69) is 18.9 Å². The molecule has 14 heavy (non-hydrogen) atoms. The topological polar surface area (TPSA) is 29.5 Å². The number of carbonyl (C=O) groups excluding carboxylic acids is 1. The van der Waals surface area contributed by atoms with Crippen molar-refractivity contribution in [3.63, 3.8) is 0 Å². The molecule has 1 heterocycles. The van der Waals surface area contributed by atoms with Crippen molar-refractivity contribution >= 4 is 5.78 Å². The second-order valence-electron chi connectivity index (χ2n) is 4.33. The van der Waals surface area contributed by atoms with Crippen LogP contribution in [0.25, 0.3) is 0 Å². The Bertz CT molecular complexity index is 188. The summed E-state index contributed by atoms with van der Waals surface area (Å²) < 4.78 is 5.55. The van der Waals surface area contributed by atoms with E-state index < -0.39 is 0 Å². The maximum absolute atomic E-state index is 10.9. The zero-order chi connectivity index (χ0) is 10.6. The smallest absolute Gasteiger partial charge is 0.131 e. The Morgan fingerprint density at radius 3 is 2.86 bits per heavy atom. The summed E-state index contributed by atoms with van der Waals surface area (Å²) in [5.74, 6) is 0.261. The first kappa shape index (κ1) is 11.7. The fourth-order valence-electron chi connectivity index (χ4n) is 1.86. The van der Waals surface area contributed by atoms with Gasteiger partial charge in [-0.1, -0.05) is 0 Å². The van der Waals surface area contributed by atoms with Crippen molar-refractivity contribution in [3.05, 3.63) is 0 Å². The summed E-state index contributed by atoms with van der Waals surface area (Å²) in [4.78, 5) is 13.2. The summed E-state index contributed by atoms with van der Waals surface area (Å²) in [6, 6.07) is 0.330. The molecule has 1 fully saturated rings. The lowest BCUT2D eigenvalue weighted by atomic mass is 10.1. The lowest BCUT2D eigenvalue weighted by molar-refractivity contribution is -0.118. The van der Waals surface area contributed by atoms with Crippen molar-refractivity contribution in [2.75, 3.05) is 20.2 Å². The van der Waals surface area contributed by atoms with E-state index in [0.29, 0.717) is 18.6 Å². The van der Waals surface area contributed by atoms with Crippen LogP contribution in [0.2, 0.25) is 0 Å². The molecule has 0 aromatic heterocycles. The van der Waals surface area contributed by atoms with Crippen LogP contribution in [-0.2, 0) is 9.53 Å². The fourth-order valence-corrected chi connectivity index (χ4v) is 1.86. The molecule has 1 rings (SSSR count). The molecular formula is C11H21NO2. The molecule has 1 saturated heterocycles. The van der Waals surface area contributed by atoms with Crippen LogP contribution in [0.15, 0.2) is 0 Å². The van der Waals surface area contributed by atoms with Crippen LogP contribution in [0.4, 0.5) is 0 Å². The van der Waals surface area contributed by atoms with E-state index >= 15 is 0 Å². The number of ketones is 1. The number of hydrogen-bond donors (Lipinski definition) is 0. The number of ether oxygens (including phenoxy) is 1. The lowest BCUT2D eigenvalue weighted by Gasteiger charge is -2.26. The van der Waals surface area contributed by atoms with Crippen molar-refractivity contribution in [1.29, 1.82) is 0 Å². The Labute approximate surface area is 86.4 Å². The fraction of sp³-hybridized carbons (Fsp3) is 0.909. The summed E-state index contributed by atoms with van der Waals surface area (Å²) >= 11 is 0. The highest BCUT2D eigenvalue weighted by molar-refractivity contribution is 5.76. The predicted molar refractivity (Wildman–Crippen MR) is 56.4 cm³/mol. The normalized spacial score (nSPS) is 24.1. The van der Waals surface area contributed by atoms with Gasteiger partial charge in [-0.2, -0.15) is 0 Å². The molecule has 1 aliphatic rings. The average Bonchev–Trinajstić information content (AvgIpc) is 2.55. The quantitative estimate of drug-likeness (QED) is 0.671. The van der Waals surface area contributed by atoms with E-state index in [4.69, 9.17) is 4.74 Å². The summed E-state index contributed by atoms with van der Waals surface area (Å²) in [6.45, 7) is 5.60. The summed E-state index contributed by atoms with van der Waals surface area (Å²) in [5, 5.41) is 0. The Kier molecular flexibility index (Phi) is 4.55. The van der Waals surface area contributed by atoms with E-state index in [9.17, 15) is 4.79 Å². The van der Waals surface area contributed by atoms with Gasteiger partial charge >= 0.3 is 0 Å². The van der Waals surface area contributed by atoms with Crippen LogP contribution in [0.5, 0.6) is 0 Å². The number of carbonyl (C=O) groups is 1. The van der Waals surface area contributed by atoms with Gasteiger partial charge in [0.2, 0.25) is 0 Å². The summed E-state index contributed by atoms with van der Waals surface area (Å²) in [7, 11) is 2.06. The van der Waals surface area contributed by atoms with Gasteiger partial charge in [-0.3, -0.25) is 4.79 Å². The molecule has 0 N–H and O–H groups in total. The number of Topliss-reactive ketones (excluding diaryl/α,β-unsaturated/α-hetero) is 1. The number of hydrogen-bond acceptors (Lipinski definition) is 3. The molecule has 3 heteroatoms. The van der Waals surface area contributed by atoms with E-state index in [1.54, 1.807) is 6.92 Å². The van der Waals surface area contributed by atoms with Gasteiger partial charge in [-0.05, 0) is 33.7 Å². The molecule has 0 aromatic carbocycles. The van der Waals surface area contributed by atoms with Crippen molar-refractivity contribution in [2.45, 2.75) is 45.3 Å². The van der Waals surface area contributed by atoms with Crippen LogP contribution >= 0.6 is 0 Å². The molecule has 0 aliphatic carbocycles. The molecule has 2 unspecified atom stereocenters. The number of likely N-dealkylation sites (N-methyl/N-ethyl adjacent to an activating group) is 1.